The second-order valence-corrected chi connectivity index (χ2v) is 15.0. The van der Waals surface area contributed by atoms with E-state index in [1.54, 1.807) is 9.80 Å². The van der Waals surface area contributed by atoms with Crippen molar-refractivity contribution in [2.24, 2.45) is 0 Å². The molecule has 4 heterocycles. The van der Waals surface area contributed by atoms with Gasteiger partial charge in [0.2, 0.25) is 0 Å². The Hall–Kier alpha value is -4.79. The van der Waals surface area contributed by atoms with E-state index in [9.17, 15) is 18.7 Å². The molecule has 3 aliphatic rings. The van der Waals surface area contributed by atoms with E-state index in [0.29, 0.717) is 12.2 Å². The molecular weight excluding hydrogens is 708 g/mol. The van der Waals surface area contributed by atoms with Crippen molar-refractivity contribution in [1.29, 1.82) is 0 Å². The highest BCUT2D eigenvalue weighted by Crippen LogP contribution is 2.38. The van der Waals surface area contributed by atoms with Crippen molar-refractivity contribution >= 4 is 23.1 Å². The predicted octanol–water partition coefficient (Wildman–Crippen LogP) is 6.54. The van der Waals surface area contributed by atoms with Crippen LogP contribution >= 0.6 is 0 Å². The lowest BCUT2D eigenvalue weighted by molar-refractivity contribution is -0.117. The molecule has 1 N–H and O–H groups in total. The van der Waals surface area contributed by atoms with Crippen LogP contribution in [0.4, 0.5) is 30.6 Å². The Kier molecular flexibility index (Phi) is 11.6. The molecule has 2 amide bonds. The molecule has 14 heteroatoms. The summed E-state index contributed by atoms with van der Waals surface area (Å²) < 4.78 is 48.4. The maximum absolute atomic E-state index is 15.0. The average molecular weight is 760 g/mol. The Morgan fingerprint density at radius 1 is 0.927 bits per heavy atom. The van der Waals surface area contributed by atoms with E-state index in [-0.39, 0.29) is 43.9 Å². The number of carbonyl (C=O) groups is 1. The van der Waals surface area contributed by atoms with Crippen LogP contribution in [0.25, 0.3) is 0 Å². The molecule has 4 aromatic rings. The van der Waals surface area contributed by atoms with E-state index in [2.05, 4.69) is 38.9 Å². The first-order valence-electron chi connectivity index (χ1n) is 19.3. The molecule has 1 aromatic heterocycles. The number of aliphatic hydroxyl groups is 1. The molecule has 0 aliphatic carbocycles. The van der Waals surface area contributed by atoms with Gasteiger partial charge in [-0.05, 0) is 81.3 Å². The first-order valence-corrected chi connectivity index (χ1v) is 19.3. The quantitative estimate of drug-likeness (QED) is 0.135. The number of carbonyl (C=O) groups excluding carboxylic acids is 1. The summed E-state index contributed by atoms with van der Waals surface area (Å²) in [6.45, 7) is 9.91. The number of β-amino-alcohol motifs (C(OH)–C–C–N with tert-alkyl or cyclic N) is 1. The van der Waals surface area contributed by atoms with Crippen LogP contribution in [0, 0.1) is 11.6 Å². The molecule has 3 aromatic carbocycles. The standard InChI is InChI=1S/C41H51F2N7O5/c1-4-5-6-7-18-41(52)26-49(39(51)50(41)30(2)3)34-11-9-32(10-12-34)46-19-21-47(22-20-46)33-13-15-35(16-14-33)53-24-38-54-27-40(55-38,25-48-29-44-28-45-48)36-17-8-31(42)23-37(36)43/h8-17,23,28-30,38,52H,4-7,18-22,24-27H2,1-3H3/t38-,40+,41-/m0/s1. The molecule has 0 bridgehead atoms. The summed E-state index contributed by atoms with van der Waals surface area (Å²) in [6.07, 6.45) is 6.86. The minimum absolute atomic E-state index is 0.0251. The molecule has 3 fully saturated rings. The highest BCUT2D eigenvalue weighted by atomic mass is 19.1. The SMILES string of the molecule is CCCCCC[C@]1(O)CN(c2ccc(N3CCN(c4ccc(OC[C@H]5OC[C@](Cn6cncn6)(c6ccc(F)cc6F)O5)cc4)CC3)cc2)C(=O)N1C(C)C. The lowest BCUT2D eigenvalue weighted by Crippen LogP contribution is -2.50. The number of urea groups is 1. The van der Waals surface area contributed by atoms with Gasteiger partial charge in [-0.25, -0.2) is 23.2 Å². The Labute approximate surface area is 321 Å². The van der Waals surface area contributed by atoms with Gasteiger partial charge in [0, 0.05) is 60.9 Å². The maximum Gasteiger partial charge on any atom is 0.327 e. The van der Waals surface area contributed by atoms with Crippen LogP contribution in [0.3, 0.4) is 0 Å². The molecule has 3 aliphatic heterocycles. The first-order chi connectivity index (χ1) is 26.6. The van der Waals surface area contributed by atoms with Crippen LogP contribution < -0.4 is 19.4 Å². The van der Waals surface area contributed by atoms with Gasteiger partial charge >= 0.3 is 6.03 Å². The van der Waals surface area contributed by atoms with Gasteiger partial charge in [0.15, 0.2) is 12.0 Å². The van der Waals surface area contributed by atoms with Gasteiger partial charge in [0.1, 0.15) is 42.2 Å². The third-order valence-electron chi connectivity index (χ3n) is 10.8. The largest absolute Gasteiger partial charge is 0.488 e. The molecule has 55 heavy (non-hydrogen) atoms. The number of hydrogen-bond donors (Lipinski definition) is 1. The van der Waals surface area contributed by atoms with Gasteiger partial charge in [-0.3, -0.25) is 9.80 Å². The fraction of sp³-hybridized carbons (Fsp3) is 0.488. The number of amides is 2. The molecule has 12 nitrogen and oxygen atoms in total. The summed E-state index contributed by atoms with van der Waals surface area (Å²) >= 11 is 0. The summed E-state index contributed by atoms with van der Waals surface area (Å²) in [5.74, 6) is -0.763. The number of rotatable bonds is 15. The lowest BCUT2D eigenvalue weighted by Gasteiger charge is -2.37. The smallest absolute Gasteiger partial charge is 0.327 e. The van der Waals surface area contributed by atoms with Crippen molar-refractivity contribution < 1.29 is 32.9 Å². The van der Waals surface area contributed by atoms with Crippen LogP contribution in [-0.4, -0.2) is 94.8 Å². The van der Waals surface area contributed by atoms with E-state index in [4.69, 9.17) is 14.2 Å². The summed E-state index contributed by atoms with van der Waals surface area (Å²) in [7, 11) is 0. The Morgan fingerprint density at radius 3 is 2.22 bits per heavy atom. The zero-order valence-corrected chi connectivity index (χ0v) is 31.8. The van der Waals surface area contributed by atoms with Crippen molar-refractivity contribution in [2.75, 3.05) is 60.6 Å². The highest BCUT2D eigenvalue weighted by Gasteiger charge is 2.50. The van der Waals surface area contributed by atoms with Crippen LogP contribution in [-0.2, 0) is 21.6 Å². The van der Waals surface area contributed by atoms with E-state index < -0.39 is 29.3 Å². The number of halogens is 2. The maximum atomic E-state index is 15.0. The third-order valence-corrected chi connectivity index (χ3v) is 10.8. The van der Waals surface area contributed by atoms with Crippen molar-refractivity contribution in [3.63, 3.8) is 0 Å². The number of ether oxygens (including phenoxy) is 3. The molecule has 7 rings (SSSR count). The van der Waals surface area contributed by atoms with Gasteiger partial charge in [-0.15, -0.1) is 0 Å². The van der Waals surface area contributed by atoms with Crippen molar-refractivity contribution in [3.8, 4) is 5.75 Å². The Balaban J connectivity index is 0.908. The van der Waals surface area contributed by atoms with E-state index in [1.807, 2.05) is 50.2 Å². The van der Waals surface area contributed by atoms with Crippen molar-refractivity contribution in [1.82, 2.24) is 19.7 Å². The molecule has 3 atom stereocenters. The van der Waals surface area contributed by atoms with E-state index in [0.717, 1.165) is 75.0 Å². The monoisotopic (exact) mass is 759 g/mol. The van der Waals surface area contributed by atoms with Gasteiger partial charge in [-0.1, -0.05) is 32.3 Å². The topological polar surface area (TPSA) is 109 Å². The fourth-order valence-corrected chi connectivity index (χ4v) is 8.00. The van der Waals surface area contributed by atoms with Crippen LogP contribution in [0.2, 0.25) is 0 Å². The zero-order chi connectivity index (χ0) is 38.6. The van der Waals surface area contributed by atoms with Crippen LogP contribution in [0.5, 0.6) is 5.75 Å². The molecular formula is C41H51F2N7O5. The molecule has 0 saturated carbocycles. The van der Waals surface area contributed by atoms with Crippen LogP contribution in [0.1, 0.15) is 58.4 Å². The lowest BCUT2D eigenvalue weighted by atomic mass is 9.94. The predicted molar refractivity (Wildman–Crippen MR) is 205 cm³/mol. The summed E-state index contributed by atoms with van der Waals surface area (Å²) in [5.41, 5.74) is 0.737. The second-order valence-electron chi connectivity index (χ2n) is 15.0. The summed E-state index contributed by atoms with van der Waals surface area (Å²) in [4.78, 5) is 25.5. The van der Waals surface area contributed by atoms with Crippen molar-refractivity contribution in [3.05, 3.63) is 96.6 Å². The Morgan fingerprint density at radius 2 is 1.60 bits per heavy atom. The minimum atomic E-state index is -1.24. The average Bonchev–Trinajstić information content (AvgIpc) is 3.91. The fourth-order valence-electron chi connectivity index (χ4n) is 8.00. The zero-order valence-electron chi connectivity index (χ0n) is 31.8. The number of nitrogens with zero attached hydrogens (tertiary/aromatic N) is 7. The number of aromatic nitrogens is 3. The van der Waals surface area contributed by atoms with E-state index in [1.165, 1.54) is 29.5 Å². The minimum Gasteiger partial charge on any atom is -0.488 e. The number of hydrogen-bond acceptors (Lipinski definition) is 9. The molecule has 3 saturated heterocycles. The summed E-state index contributed by atoms with van der Waals surface area (Å²) in [5, 5.41) is 15.7. The number of benzene rings is 3. The van der Waals surface area contributed by atoms with Gasteiger partial charge in [0.25, 0.3) is 0 Å². The molecule has 0 spiro atoms. The second kappa shape index (κ2) is 16.5. The highest BCUT2D eigenvalue weighted by molar-refractivity contribution is 5.95. The van der Waals surface area contributed by atoms with E-state index >= 15 is 0 Å². The number of anilines is 3. The van der Waals surface area contributed by atoms with Gasteiger partial charge in [-0.2, -0.15) is 5.10 Å². The van der Waals surface area contributed by atoms with Crippen molar-refractivity contribution in [2.45, 2.75) is 83.1 Å². The number of piperazine rings is 1. The first kappa shape index (κ1) is 38.5. The third kappa shape index (κ3) is 8.41. The Bertz CT molecular complexity index is 1870. The normalized spacial score (nSPS) is 23.0. The van der Waals surface area contributed by atoms with Gasteiger partial charge in [0.05, 0.1) is 19.7 Å². The number of unbranched alkanes of at least 4 members (excludes halogenated alkanes) is 3. The molecule has 0 radical (unpaired) electrons. The molecule has 294 valence electrons. The summed E-state index contributed by atoms with van der Waals surface area (Å²) in [6, 6.07) is 19.1. The molecule has 0 unspecified atom stereocenters. The van der Waals surface area contributed by atoms with Crippen LogP contribution in [0.15, 0.2) is 79.4 Å². The van der Waals surface area contributed by atoms with Gasteiger partial charge < -0.3 is 29.1 Å².